The van der Waals surface area contributed by atoms with Crippen molar-refractivity contribution in [3.05, 3.63) is 42.0 Å². The van der Waals surface area contributed by atoms with Gasteiger partial charge in [-0.05, 0) is 32.3 Å². The van der Waals surface area contributed by atoms with Crippen LogP contribution in [0, 0.1) is 5.82 Å². The lowest BCUT2D eigenvalue weighted by atomic mass is 10.1. The number of fused-ring (bicyclic) bond motifs is 1. The van der Waals surface area contributed by atoms with Crippen LogP contribution in [-0.2, 0) is 22.6 Å². The maximum absolute atomic E-state index is 13.3. The van der Waals surface area contributed by atoms with E-state index in [0.29, 0.717) is 30.0 Å². The number of nitrogens with zero attached hydrogens (tertiary/aromatic N) is 3. The number of likely N-dealkylation sites (N-methyl/N-ethyl adjacent to an activating group) is 1. The van der Waals surface area contributed by atoms with Crippen LogP contribution in [0.4, 0.5) is 10.1 Å². The lowest BCUT2D eigenvalue weighted by Crippen LogP contribution is -2.33. The molecule has 9 heteroatoms. The normalized spacial score (nSPS) is 15.3. The van der Waals surface area contributed by atoms with Gasteiger partial charge in [0, 0.05) is 31.3 Å². The third kappa shape index (κ3) is 5.04. The Kier molecular flexibility index (Phi) is 5.70. The van der Waals surface area contributed by atoms with Gasteiger partial charge in [0.2, 0.25) is 5.91 Å². The van der Waals surface area contributed by atoms with Crippen molar-refractivity contribution in [1.82, 2.24) is 20.0 Å². The van der Waals surface area contributed by atoms with E-state index in [1.807, 2.05) is 19.0 Å². The number of hydrogen-bond donors (Lipinski definition) is 2. The van der Waals surface area contributed by atoms with Crippen LogP contribution in [0.1, 0.15) is 5.56 Å². The van der Waals surface area contributed by atoms with Gasteiger partial charge in [-0.3, -0.25) is 14.3 Å². The summed E-state index contributed by atoms with van der Waals surface area (Å²) in [5.41, 5.74) is 1.13. The first-order valence-corrected chi connectivity index (χ1v) is 8.60. The molecule has 2 amide bonds. The molecule has 0 spiro atoms. The summed E-state index contributed by atoms with van der Waals surface area (Å²) in [6.07, 6.45) is 2.62. The van der Waals surface area contributed by atoms with Gasteiger partial charge in [0.25, 0.3) is 5.91 Å². The van der Waals surface area contributed by atoms with E-state index in [4.69, 9.17) is 4.74 Å². The molecule has 1 aromatic carbocycles. The molecular formula is C18H22FN5O3. The molecule has 1 unspecified atom stereocenters. The zero-order valence-corrected chi connectivity index (χ0v) is 15.2. The molecule has 1 aliphatic heterocycles. The van der Waals surface area contributed by atoms with Gasteiger partial charge < -0.3 is 20.3 Å². The van der Waals surface area contributed by atoms with Crippen molar-refractivity contribution in [3.8, 4) is 5.75 Å². The SMILES string of the molecule is CN(C)CCNC(=O)Cn1cc(NC(=O)C2Cc3cc(F)ccc3O2)cn1. The third-order valence-electron chi connectivity index (χ3n) is 4.08. The highest BCUT2D eigenvalue weighted by atomic mass is 19.1. The average Bonchev–Trinajstić information content (AvgIpc) is 3.20. The van der Waals surface area contributed by atoms with Crippen molar-refractivity contribution in [2.45, 2.75) is 19.1 Å². The minimum atomic E-state index is -0.723. The standard InChI is InChI=1S/C18H22FN5O3/c1-23(2)6-5-20-17(25)11-24-10-14(9-21-24)22-18(26)16-8-12-7-13(19)3-4-15(12)27-16/h3-4,7,9-10,16H,5-6,8,11H2,1-2H3,(H,20,25)(H,22,26). The van der Waals surface area contributed by atoms with Crippen molar-refractivity contribution in [1.29, 1.82) is 0 Å². The van der Waals surface area contributed by atoms with Crippen LogP contribution in [0.3, 0.4) is 0 Å². The second kappa shape index (κ2) is 8.17. The minimum Gasteiger partial charge on any atom is -0.480 e. The number of halogens is 1. The van der Waals surface area contributed by atoms with Gasteiger partial charge in [0.05, 0.1) is 11.9 Å². The zero-order chi connectivity index (χ0) is 19.4. The number of hydrogen-bond acceptors (Lipinski definition) is 5. The number of carbonyl (C=O) groups excluding carboxylic acids is 2. The lowest BCUT2D eigenvalue weighted by molar-refractivity contribution is -0.122. The summed E-state index contributed by atoms with van der Waals surface area (Å²) in [5.74, 6) is -0.346. The molecule has 8 nitrogen and oxygen atoms in total. The maximum Gasteiger partial charge on any atom is 0.265 e. The van der Waals surface area contributed by atoms with Crippen LogP contribution >= 0.6 is 0 Å². The number of nitrogens with one attached hydrogen (secondary N) is 2. The first-order chi connectivity index (χ1) is 12.9. The van der Waals surface area contributed by atoms with Gasteiger partial charge in [-0.25, -0.2) is 4.39 Å². The van der Waals surface area contributed by atoms with E-state index >= 15 is 0 Å². The predicted octanol–water partition coefficient (Wildman–Crippen LogP) is 0.642. The van der Waals surface area contributed by atoms with Crippen LogP contribution in [0.25, 0.3) is 0 Å². The second-order valence-electron chi connectivity index (χ2n) is 6.63. The number of carbonyl (C=O) groups is 2. The highest BCUT2D eigenvalue weighted by Crippen LogP contribution is 2.29. The highest BCUT2D eigenvalue weighted by molar-refractivity contribution is 5.95. The Morgan fingerprint density at radius 2 is 2.22 bits per heavy atom. The van der Waals surface area contributed by atoms with Gasteiger partial charge >= 0.3 is 0 Å². The Balaban J connectivity index is 1.49. The molecule has 2 aromatic rings. The van der Waals surface area contributed by atoms with E-state index in [-0.39, 0.29) is 24.2 Å². The van der Waals surface area contributed by atoms with E-state index in [2.05, 4.69) is 15.7 Å². The highest BCUT2D eigenvalue weighted by Gasteiger charge is 2.29. The molecule has 3 rings (SSSR count). The minimum absolute atomic E-state index is 0.0634. The monoisotopic (exact) mass is 375 g/mol. The Bertz CT molecular complexity index is 836. The molecule has 144 valence electrons. The van der Waals surface area contributed by atoms with E-state index in [0.717, 1.165) is 6.54 Å². The topological polar surface area (TPSA) is 88.5 Å². The molecule has 1 aromatic heterocycles. The molecule has 0 saturated heterocycles. The molecule has 2 N–H and O–H groups in total. The molecule has 0 radical (unpaired) electrons. The van der Waals surface area contributed by atoms with Crippen LogP contribution in [0.15, 0.2) is 30.6 Å². The summed E-state index contributed by atoms with van der Waals surface area (Å²) < 4.78 is 20.3. The fourth-order valence-electron chi connectivity index (χ4n) is 2.72. The Labute approximate surface area is 156 Å². The summed E-state index contributed by atoms with van der Waals surface area (Å²) >= 11 is 0. The van der Waals surface area contributed by atoms with Gasteiger partial charge in [0.15, 0.2) is 6.10 Å². The van der Waals surface area contributed by atoms with Gasteiger partial charge in [0.1, 0.15) is 18.1 Å². The maximum atomic E-state index is 13.3. The number of aromatic nitrogens is 2. The largest absolute Gasteiger partial charge is 0.480 e. The first-order valence-electron chi connectivity index (χ1n) is 8.60. The Morgan fingerprint density at radius 1 is 1.41 bits per heavy atom. The summed E-state index contributed by atoms with van der Waals surface area (Å²) in [5, 5.41) is 9.57. The summed E-state index contributed by atoms with van der Waals surface area (Å²) in [7, 11) is 3.86. The molecule has 0 aliphatic carbocycles. The van der Waals surface area contributed by atoms with Crippen LogP contribution in [0.2, 0.25) is 0 Å². The molecule has 1 aliphatic rings. The van der Waals surface area contributed by atoms with E-state index in [1.165, 1.54) is 29.1 Å². The molecule has 0 fully saturated rings. The van der Waals surface area contributed by atoms with Crippen molar-refractivity contribution in [2.24, 2.45) is 0 Å². The van der Waals surface area contributed by atoms with Crippen molar-refractivity contribution in [3.63, 3.8) is 0 Å². The van der Waals surface area contributed by atoms with E-state index in [9.17, 15) is 14.0 Å². The molecular weight excluding hydrogens is 353 g/mol. The fourth-order valence-corrected chi connectivity index (χ4v) is 2.72. The van der Waals surface area contributed by atoms with Gasteiger partial charge in [-0.15, -0.1) is 0 Å². The number of rotatable bonds is 7. The van der Waals surface area contributed by atoms with E-state index < -0.39 is 6.10 Å². The zero-order valence-electron chi connectivity index (χ0n) is 15.2. The van der Waals surface area contributed by atoms with Crippen molar-refractivity contribution < 1.29 is 18.7 Å². The summed E-state index contributed by atoms with van der Waals surface area (Å²) in [4.78, 5) is 26.2. The lowest BCUT2D eigenvalue weighted by Gasteiger charge is -2.10. The number of benzene rings is 1. The molecule has 1 atom stereocenters. The molecule has 2 heterocycles. The van der Waals surface area contributed by atoms with Crippen molar-refractivity contribution in [2.75, 3.05) is 32.5 Å². The molecule has 27 heavy (non-hydrogen) atoms. The number of amides is 2. The predicted molar refractivity (Wildman–Crippen MR) is 96.9 cm³/mol. The fraction of sp³-hybridized carbons (Fsp3) is 0.389. The summed E-state index contributed by atoms with van der Waals surface area (Å²) in [6, 6.07) is 4.19. The van der Waals surface area contributed by atoms with Gasteiger partial charge in [-0.2, -0.15) is 5.10 Å². The van der Waals surface area contributed by atoms with Crippen LogP contribution in [-0.4, -0.2) is 59.8 Å². The quantitative estimate of drug-likeness (QED) is 0.742. The van der Waals surface area contributed by atoms with Crippen LogP contribution < -0.4 is 15.4 Å². The summed E-state index contributed by atoms with van der Waals surface area (Å²) in [6.45, 7) is 1.37. The average molecular weight is 375 g/mol. The molecule has 0 bridgehead atoms. The van der Waals surface area contributed by atoms with Crippen LogP contribution in [0.5, 0.6) is 5.75 Å². The molecule has 0 saturated carbocycles. The number of anilines is 1. The Morgan fingerprint density at radius 3 is 3.00 bits per heavy atom. The smallest absolute Gasteiger partial charge is 0.265 e. The van der Waals surface area contributed by atoms with Gasteiger partial charge in [-0.1, -0.05) is 0 Å². The first kappa shape index (κ1) is 18.8. The second-order valence-corrected chi connectivity index (χ2v) is 6.63. The number of ether oxygens (including phenoxy) is 1. The van der Waals surface area contributed by atoms with E-state index in [1.54, 1.807) is 6.20 Å². The third-order valence-corrected chi connectivity index (χ3v) is 4.08. The Hall–Kier alpha value is -2.94. The van der Waals surface area contributed by atoms with Crippen molar-refractivity contribution >= 4 is 17.5 Å².